The average Bonchev–Trinajstić information content (AvgIpc) is 2.89. The third kappa shape index (κ3) is 2.13. The van der Waals surface area contributed by atoms with Gasteiger partial charge in [0.05, 0.1) is 12.5 Å². The van der Waals surface area contributed by atoms with E-state index in [-0.39, 0.29) is 0 Å². The van der Waals surface area contributed by atoms with E-state index in [4.69, 9.17) is 4.42 Å². The highest BCUT2D eigenvalue weighted by atomic mass is 16.3. The van der Waals surface area contributed by atoms with Crippen LogP contribution in [0.3, 0.4) is 0 Å². The quantitative estimate of drug-likeness (QED) is 0.876. The van der Waals surface area contributed by atoms with Crippen LogP contribution in [0.1, 0.15) is 51.0 Å². The Morgan fingerprint density at radius 2 is 1.85 bits per heavy atom. The van der Waals surface area contributed by atoms with Gasteiger partial charge in [0, 0.05) is 6.04 Å². The van der Waals surface area contributed by atoms with Crippen molar-refractivity contribution in [1.29, 1.82) is 0 Å². The molecule has 4 saturated carbocycles. The lowest BCUT2D eigenvalue weighted by atomic mass is 9.47. The van der Waals surface area contributed by atoms with Gasteiger partial charge in [0.1, 0.15) is 0 Å². The van der Waals surface area contributed by atoms with Crippen LogP contribution in [0.4, 0.5) is 0 Å². The molecule has 0 amide bonds. The van der Waals surface area contributed by atoms with Gasteiger partial charge in [0.2, 0.25) is 0 Å². The van der Waals surface area contributed by atoms with Crippen molar-refractivity contribution < 1.29 is 4.42 Å². The SMILES string of the molecule is CCNC(Cc1ccoc1)C12CC3CC(CC(C3)C1)C2. The summed E-state index contributed by atoms with van der Waals surface area (Å²) in [4.78, 5) is 0. The van der Waals surface area contributed by atoms with Crippen LogP contribution in [0, 0.1) is 23.2 Å². The van der Waals surface area contributed by atoms with Gasteiger partial charge in [-0.05, 0) is 86.3 Å². The fourth-order valence-corrected chi connectivity index (χ4v) is 6.00. The number of hydrogen-bond donors (Lipinski definition) is 1. The maximum absolute atomic E-state index is 5.28. The summed E-state index contributed by atoms with van der Waals surface area (Å²) in [5.74, 6) is 3.10. The van der Waals surface area contributed by atoms with E-state index in [1.165, 1.54) is 44.1 Å². The maximum atomic E-state index is 5.28. The van der Waals surface area contributed by atoms with Gasteiger partial charge in [-0.3, -0.25) is 0 Å². The smallest absolute Gasteiger partial charge is 0.0935 e. The first kappa shape index (κ1) is 12.9. The molecule has 4 fully saturated rings. The normalized spacial score (nSPS) is 40.1. The van der Waals surface area contributed by atoms with Crippen molar-refractivity contribution in [3.05, 3.63) is 24.2 Å². The van der Waals surface area contributed by atoms with Crippen molar-refractivity contribution in [3.8, 4) is 0 Å². The summed E-state index contributed by atoms with van der Waals surface area (Å²) >= 11 is 0. The molecule has 4 aliphatic carbocycles. The first-order valence-electron chi connectivity index (χ1n) is 8.52. The molecule has 1 aromatic rings. The Hall–Kier alpha value is -0.760. The number of likely N-dealkylation sites (N-methyl/N-ethyl adjacent to an activating group) is 1. The van der Waals surface area contributed by atoms with E-state index in [9.17, 15) is 0 Å². The Balaban J connectivity index is 1.58. The number of rotatable bonds is 5. The van der Waals surface area contributed by atoms with E-state index < -0.39 is 0 Å². The molecule has 1 unspecified atom stereocenters. The minimum Gasteiger partial charge on any atom is -0.472 e. The highest BCUT2D eigenvalue weighted by Gasteiger charge is 2.53. The first-order valence-corrected chi connectivity index (χ1v) is 8.52. The molecule has 0 saturated heterocycles. The topological polar surface area (TPSA) is 25.2 Å². The zero-order valence-corrected chi connectivity index (χ0v) is 12.6. The Bertz CT molecular complexity index is 415. The van der Waals surface area contributed by atoms with Crippen molar-refractivity contribution in [2.24, 2.45) is 23.2 Å². The molecule has 2 heteroatoms. The van der Waals surface area contributed by atoms with Crippen molar-refractivity contribution >= 4 is 0 Å². The molecular formula is C18H27NO. The van der Waals surface area contributed by atoms with Crippen LogP contribution >= 0.6 is 0 Å². The van der Waals surface area contributed by atoms with E-state index >= 15 is 0 Å². The molecule has 5 rings (SSSR count). The summed E-state index contributed by atoms with van der Waals surface area (Å²) in [7, 11) is 0. The Labute approximate surface area is 122 Å². The number of nitrogens with one attached hydrogen (secondary N) is 1. The lowest BCUT2D eigenvalue weighted by Gasteiger charge is -2.59. The number of hydrogen-bond acceptors (Lipinski definition) is 2. The van der Waals surface area contributed by atoms with Crippen LogP contribution in [-0.4, -0.2) is 12.6 Å². The zero-order chi connectivity index (χ0) is 13.6. The van der Waals surface area contributed by atoms with Gasteiger partial charge in [0.25, 0.3) is 0 Å². The fourth-order valence-electron chi connectivity index (χ4n) is 6.00. The molecule has 1 heterocycles. The van der Waals surface area contributed by atoms with Crippen molar-refractivity contribution in [2.75, 3.05) is 6.54 Å². The van der Waals surface area contributed by atoms with E-state index in [0.717, 1.165) is 30.7 Å². The third-order valence-electron chi connectivity index (χ3n) is 6.30. The Kier molecular flexibility index (Phi) is 3.17. The second kappa shape index (κ2) is 4.91. The molecule has 0 aromatic carbocycles. The second-order valence-electron chi connectivity index (χ2n) is 7.73. The van der Waals surface area contributed by atoms with Crippen molar-refractivity contribution in [1.82, 2.24) is 5.32 Å². The van der Waals surface area contributed by atoms with Gasteiger partial charge < -0.3 is 9.73 Å². The first-order chi connectivity index (χ1) is 9.77. The molecular weight excluding hydrogens is 246 g/mol. The monoisotopic (exact) mass is 273 g/mol. The largest absolute Gasteiger partial charge is 0.472 e. The molecule has 4 bridgehead atoms. The molecule has 0 spiro atoms. The van der Waals surface area contributed by atoms with E-state index in [1.807, 2.05) is 12.5 Å². The van der Waals surface area contributed by atoms with Crippen LogP contribution in [0.15, 0.2) is 23.0 Å². The standard InChI is InChI=1S/C18H27NO/c1-2-19-17(8-13-3-4-20-12-13)18-9-14-5-15(10-18)7-16(6-14)11-18/h3-4,12,14-17,19H,2,5-11H2,1H3. The van der Waals surface area contributed by atoms with E-state index in [2.05, 4.69) is 18.3 Å². The minimum absolute atomic E-state index is 0.585. The molecule has 2 nitrogen and oxygen atoms in total. The van der Waals surface area contributed by atoms with E-state index in [0.29, 0.717) is 11.5 Å². The molecule has 0 radical (unpaired) electrons. The Morgan fingerprint density at radius 3 is 2.35 bits per heavy atom. The predicted octanol–water partition coefficient (Wildman–Crippen LogP) is 4.02. The van der Waals surface area contributed by atoms with Gasteiger partial charge in [-0.25, -0.2) is 0 Å². The average molecular weight is 273 g/mol. The van der Waals surface area contributed by atoms with E-state index in [1.54, 1.807) is 0 Å². The van der Waals surface area contributed by atoms with Crippen LogP contribution in [0.5, 0.6) is 0 Å². The zero-order valence-electron chi connectivity index (χ0n) is 12.6. The van der Waals surface area contributed by atoms with Crippen molar-refractivity contribution in [3.63, 3.8) is 0 Å². The predicted molar refractivity (Wildman–Crippen MR) is 80.5 cm³/mol. The van der Waals surface area contributed by atoms with Crippen LogP contribution in [0.25, 0.3) is 0 Å². The van der Waals surface area contributed by atoms with Crippen molar-refractivity contribution in [2.45, 2.75) is 57.9 Å². The highest BCUT2D eigenvalue weighted by Crippen LogP contribution is 2.61. The van der Waals surface area contributed by atoms with Gasteiger partial charge in [-0.1, -0.05) is 6.92 Å². The molecule has 0 aliphatic heterocycles. The highest BCUT2D eigenvalue weighted by molar-refractivity contribution is 5.13. The summed E-state index contributed by atoms with van der Waals surface area (Å²) < 4.78 is 5.28. The maximum Gasteiger partial charge on any atom is 0.0935 e. The van der Waals surface area contributed by atoms with Gasteiger partial charge >= 0.3 is 0 Å². The molecule has 20 heavy (non-hydrogen) atoms. The number of furan rings is 1. The summed E-state index contributed by atoms with van der Waals surface area (Å²) in [6.45, 7) is 3.34. The second-order valence-corrected chi connectivity index (χ2v) is 7.73. The summed E-state index contributed by atoms with van der Waals surface area (Å²) in [6.07, 6.45) is 13.9. The van der Waals surface area contributed by atoms with Crippen LogP contribution in [0.2, 0.25) is 0 Å². The molecule has 1 aromatic heterocycles. The van der Waals surface area contributed by atoms with Crippen LogP contribution in [-0.2, 0) is 6.42 Å². The Morgan fingerprint density at radius 1 is 1.20 bits per heavy atom. The lowest BCUT2D eigenvalue weighted by Crippen LogP contribution is -2.56. The van der Waals surface area contributed by atoms with Crippen LogP contribution < -0.4 is 5.32 Å². The summed E-state index contributed by atoms with van der Waals surface area (Å²) in [6, 6.07) is 2.80. The minimum atomic E-state index is 0.585. The molecule has 1 atom stereocenters. The lowest BCUT2D eigenvalue weighted by molar-refractivity contribution is -0.0734. The summed E-state index contributed by atoms with van der Waals surface area (Å²) in [5, 5.41) is 3.84. The van der Waals surface area contributed by atoms with Gasteiger partial charge in [-0.2, -0.15) is 0 Å². The molecule has 1 N–H and O–H groups in total. The fraction of sp³-hybridized carbons (Fsp3) is 0.778. The van der Waals surface area contributed by atoms with Gasteiger partial charge in [-0.15, -0.1) is 0 Å². The molecule has 4 aliphatic rings. The summed E-state index contributed by atoms with van der Waals surface area (Å²) in [5.41, 5.74) is 1.95. The van der Waals surface area contributed by atoms with Gasteiger partial charge in [0.15, 0.2) is 0 Å². The molecule has 110 valence electrons. The third-order valence-corrected chi connectivity index (χ3v) is 6.30.